The fourth-order valence-electron chi connectivity index (χ4n) is 6.50. The van der Waals surface area contributed by atoms with Crippen LogP contribution in [0.1, 0.15) is 200 Å². The van der Waals surface area contributed by atoms with E-state index in [-0.39, 0.29) is 36.2 Å². The van der Waals surface area contributed by atoms with E-state index in [4.69, 9.17) is 14.2 Å². The van der Waals surface area contributed by atoms with Gasteiger partial charge in [0.25, 0.3) is 0 Å². The Morgan fingerprint density at radius 2 is 0.962 bits per heavy atom. The van der Waals surface area contributed by atoms with Crippen LogP contribution in [-0.4, -0.2) is 80.6 Å². The molecule has 0 rings (SSSR count). The van der Waals surface area contributed by atoms with Crippen LogP contribution in [0.2, 0.25) is 0 Å². The number of hydrogen-bond acceptors (Lipinski definition) is 6. The minimum atomic E-state index is -0.874. The largest absolute Gasteiger partial charge is 0.477 e. The number of hydrogen-bond donors (Lipinski definition) is 1. The number of carboxylic acids is 1. The van der Waals surface area contributed by atoms with E-state index >= 15 is 0 Å². The molecule has 0 spiro atoms. The van der Waals surface area contributed by atoms with E-state index in [0.717, 1.165) is 51.4 Å². The van der Waals surface area contributed by atoms with Gasteiger partial charge in [-0.05, 0) is 38.5 Å². The van der Waals surface area contributed by atoms with Crippen molar-refractivity contribution >= 4 is 17.9 Å². The second-order valence-corrected chi connectivity index (χ2v) is 16.0. The van der Waals surface area contributed by atoms with Crippen molar-refractivity contribution in [1.82, 2.24) is 0 Å². The number of quaternary nitrogens is 1. The van der Waals surface area contributed by atoms with Crippen molar-refractivity contribution in [1.29, 1.82) is 0 Å². The molecule has 1 N–H and O–H groups in total. The average Bonchev–Trinajstić information content (AvgIpc) is 3.09. The minimum Gasteiger partial charge on any atom is -0.477 e. The van der Waals surface area contributed by atoms with Gasteiger partial charge in [0.15, 0.2) is 12.1 Å². The molecule has 8 heteroatoms. The van der Waals surface area contributed by atoms with Gasteiger partial charge < -0.3 is 23.8 Å². The highest BCUT2D eigenvalue weighted by molar-refractivity contribution is 5.72. The SMILES string of the molecule is CCCCCCCC/C=C\CCCCCCCC(=O)OC(COCCC(C(=O)O)[N+](C)(C)C)COC(=O)CCCCCCCCCCCCCCC. The predicted molar refractivity (Wildman–Crippen MR) is 215 cm³/mol. The highest BCUT2D eigenvalue weighted by Crippen LogP contribution is 2.15. The number of carbonyl (C=O) groups is 3. The predicted octanol–water partition coefficient (Wildman–Crippen LogP) is 11.5. The first-order valence-corrected chi connectivity index (χ1v) is 21.7. The van der Waals surface area contributed by atoms with E-state index in [0.29, 0.717) is 19.3 Å². The minimum absolute atomic E-state index is 0.0485. The highest BCUT2D eigenvalue weighted by Gasteiger charge is 2.31. The summed E-state index contributed by atoms with van der Waals surface area (Å²) < 4.78 is 17.3. The first-order chi connectivity index (χ1) is 25.1. The van der Waals surface area contributed by atoms with Gasteiger partial charge in [0.1, 0.15) is 6.61 Å². The number of aliphatic carboxylic acids is 1. The Bertz CT molecular complexity index is 869. The maximum atomic E-state index is 12.7. The lowest BCUT2D eigenvalue weighted by Crippen LogP contribution is -2.50. The zero-order valence-electron chi connectivity index (χ0n) is 34.8. The second-order valence-electron chi connectivity index (χ2n) is 16.0. The first kappa shape index (κ1) is 50.1. The molecule has 0 amide bonds. The Kier molecular flexibility index (Phi) is 34.7. The zero-order valence-corrected chi connectivity index (χ0v) is 34.8. The van der Waals surface area contributed by atoms with Gasteiger partial charge in [-0.2, -0.15) is 0 Å². The van der Waals surface area contributed by atoms with Gasteiger partial charge in [-0.15, -0.1) is 0 Å². The number of nitrogens with zero attached hydrogens (tertiary/aromatic N) is 1. The fourth-order valence-corrected chi connectivity index (χ4v) is 6.50. The van der Waals surface area contributed by atoms with Crippen molar-refractivity contribution in [2.24, 2.45) is 0 Å². The van der Waals surface area contributed by atoms with E-state index in [2.05, 4.69) is 26.0 Å². The molecule has 0 saturated carbocycles. The van der Waals surface area contributed by atoms with Crippen molar-refractivity contribution in [3.63, 3.8) is 0 Å². The van der Waals surface area contributed by atoms with Crippen LogP contribution in [0.3, 0.4) is 0 Å². The third kappa shape index (κ3) is 33.9. The van der Waals surface area contributed by atoms with Gasteiger partial charge in [0.2, 0.25) is 0 Å². The number of rotatable bonds is 39. The summed E-state index contributed by atoms with van der Waals surface area (Å²) in [5.41, 5.74) is 0. The molecule has 0 aliphatic rings. The Hall–Kier alpha value is -1.93. The van der Waals surface area contributed by atoms with E-state index in [1.807, 2.05) is 21.1 Å². The molecule has 52 heavy (non-hydrogen) atoms. The molecular formula is C44H84NO7+. The van der Waals surface area contributed by atoms with E-state index in [1.165, 1.54) is 116 Å². The Morgan fingerprint density at radius 1 is 0.558 bits per heavy atom. The van der Waals surface area contributed by atoms with Crippen molar-refractivity contribution in [2.75, 3.05) is 41.0 Å². The van der Waals surface area contributed by atoms with Crippen molar-refractivity contribution in [3.05, 3.63) is 12.2 Å². The van der Waals surface area contributed by atoms with Crippen LogP contribution in [-0.2, 0) is 28.6 Å². The summed E-state index contributed by atoms with van der Waals surface area (Å²) in [5, 5.41) is 9.60. The summed E-state index contributed by atoms with van der Waals surface area (Å²) in [4.78, 5) is 36.9. The molecule has 0 radical (unpaired) electrons. The van der Waals surface area contributed by atoms with Crippen molar-refractivity contribution in [2.45, 2.75) is 212 Å². The van der Waals surface area contributed by atoms with Gasteiger partial charge in [0.05, 0.1) is 34.4 Å². The van der Waals surface area contributed by atoms with E-state index < -0.39 is 18.1 Å². The Balaban J connectivity index is 4.35. The second kappa shape index (κ2) is 36.1. The van der Waals surface area contributed by atoms with E-state index in [1.54, 1.807) is 0 Å². The van der Waals surface area contributed by atoms with Gasteiger partial charge in [-0.1, -0.05) is 154 Å². The van der Waals surface area contributed by atoms with Crippen LogP contribution in [0.25, 0.3) is 0 Å². The molecular weight excluding hydrogens is 654 g/mol. The summed E-state index contributed by atoms with van der Waals surface area (Å²) in [5.74, 6) is -1.47. The Morgan fingerprint density at radius 3 is 1.38 bits per heavy atom. The van der Waals surface area contributed by atoms with Gasteiger partial charge in [0, 0.05) is 19.3 Å². The van der Waals surface area contributed by atoms with Crippen LogP contribution < -0.4 is 0 Å². The van der Waals surface area contributed by atoms with E-state index in [9.17, 15) is 19.5 Å². The lowest BCUT2D eigenvalue weighted by Gasteiger charge is -2.31. The maximum Gasteiger partial charge on any atom is 0.362 e. The van der Waals surface area contributed by atoms with Crippen molar-refractivity contribution < 1.29 is 38.2 Å². The third-order valence-electron chi connectivity index (χ3n) is 9.91. The third-order valence-corrected chi connectivity index (χ3v) is 9.91. The molecule has 0 aliphatic heterocycles. The molecule has 0 heterocycles. The number of esters is 2. The summed E-state index contributed by atoms with van der Waals surface area (Å²) in [6, 6.07) is -0.611. The molecule has 306 valence electrons. The smallest absolute Gasteiger partial charge is 0.362 e. The molecule has 0 aromatic rings. The summed E-state index contributed by atoms with van der Waals surface area (Å²) in [6.45, 7) is 4.74. The van der Waals surface area contributed by atoms with Gasteiger partial charge in [-0.3, -0.25) is 9.59 Å². The topological polar surface area (TPSA) is 99.1 Å². The molecule has 0 aromatic carbocycles. The summed E-state index contributed by atoms with van der Waals surface area (Å²) in [7, 11) is 5.53. The van der Waals surface area contributed by atoms with Gasteiger partial charge >= 0.3 is 17.9 Å². The molecule has 0 aromatic heterocycles. The van der Waals surface area contributed by atoms with Gasteiger partial charge in [-0.25, -0.2) is 4.79 Å². The number of allylic oxidation sites excluding steroid dienone is 2. The van der Waals surface area contributed by atoms with Crippen LogP contribution in [0.4, 0.5) is 0 Å². The molecule has 2 atom stereocenters. The number of unbranched alkanes of at least 4 members (excludes halogenated alkanes) is 23. The lowest BCUT2D eigenvalue weighted by atomic mass is 10.0. The molecule has 8 nitrogen and oxygen atoms in total. The maximum absolute atomic E-state index is 12.7. The van der Waals surface area contributed by atoms with Crippen LogP contribution in [0.15, 0.2) is 12.2 Å². The number of ether oxygens (including phenoxy) is 3. The quantitative estimate of drug-likeness (QED) is 0.0290. The average molecular weight is 739 g/mol. The highest BCUT2D eigenvalue weighted by atomic mass is 16.6. The number of likely N-dealkylation sites (N-methyl/N-ethyl adjacent to an activating group) is 1. The standard InChI is InChI=1S/C44H83NO7/c1-6-8-10-12-14-16-18-20-21-23-25-27-29-31-33-35-43(47)52-40(38-50-37-36-41(44(48)49)45(3,4)5)39-51-42(46)34-32-30-28-26-24-22-19-17-15-13-11-9-7-2/h20-21,40-41H,6-19,22-39H2,1-5H3/p+1/b21-20-. The van der Waals surface area contributed by atoms with Crippen LogP contribution in [0, 0.1) is 0 Å². The Labute approximate surface area is 320 Å². The van der Waals surface area contributed by atoms with Crippen LogP contribution in [0.5, 0.6) is 0 Å². The van der Waals surface area contributed by atoms with Crippen molar-refractivity contribution in [3.8, 4) is 0 Å². The molecule has 0 aliphatic carbocycles. The number of carbonyl (C=O) groups excluding carboxylic acids is 2. The number of carboxylic acid groups (broad SMARTS) is 1. The molecule has 0 fully saturated rings. The zero-order chi connectivity index (χ0) is 38.5. The monoisotopic (exact) mass is 739 g/mol. The van der Waals surface area contributed by atoms with Crippen LogP contribution >= 0.6 is 0 Å². The fraction of sp³-hybridized carbons (Fsp3) is 0.886. The molecule has 2 unspecified atom stereocenters. The summed E-state index contributed by atoms with van der Waals surface area (Å²) in [6.07, 6.45) is 36.7. The summed E-state index contributed by atoms with van der Waals surface area (Å²) >= 11 is 0. The lowest BCUT2D eigenvalue weighted by molar-refractivity contribution is -0.887. The first-order valence-electron chi connectivity index (χ1n) is 21.7. The molecule has 0 bridgehead atoms. The molecule has 0 saturated heterocycles. The normalized spacial score (nSPS) is 13.0.